The Hall–Kier alpha value is -0.930. The van der Waals surface area contributed by atoms with Crippen LogP contribution >= 0.6 is 0 Å². The first-order chi connectivity index (χ1) is 7.40. The molecule has 15 heavy (non-hydrogen) atoms. The molecule has 82 valence electrons. The molecule has 3 heteroatoms. The second-order valence-corrected chi connectivity index (χ2v) is 4.12. The van der Waals surface area contributed by atoms with Gasteiger partial charge in [-0.05, 0) is 31.5 Å². The first-order valence-corrected chi connectivity index (χ1v) is 5.64. The Bertz CT molecular complexity index is 287. The molecular weight excluding hydrogens is 188 g/mol. The molecular formula is C12H18N2O. The smallest absolute Gasteiger partial charge is 0.0558 e. The third kappa shape index (κ3) is 2.76. The van der Waals surface area contributed by atoms with Crippen LogP contribution < -0.4 is 0 Å². The summed E-state index contributed by atoms with van der Waals surface area (Å²) in [5, 5.41) is 8.92. The Kier molecular flexibility index (Phi) is 3.69. The van der Waals surface area contributed by atoms with Crippen molar-refractivity contribution in [2.45, 2.75) is 18.8 Å². The number of aromatic nitrogens is 1. The molecule has 0 aliphatic carbocycles. The minimum atomic E-state index is 0.259. The Balaban J connectivity index is 1.98. The molecule has 0 unspecified atom stereocenters. The number of nitrogens with zero attached hydrogens (tertiary/aromatic N) is 2. The molecule has 1 aromatic rings. The summed E-state index contributed by atoms with van der Waals surface area (Å²) >= 11 is 0. The van der Waals surface area contributed by atoms with E-state index in [0.717, 1.165) is 19.6 Å². The zero-order valence-electron chi connectivity index (χ0n) is 8.97. The van der Waals surface area contributed by atoms with Crippen molar-refractivity contribution in [3.05, 3.63) is 30.1 Å². The summed E-state index contributed by atoms with van der Waals surface area (Å²) in [5.41, 5.74) is 1.19. The van der Waals surface area contributed by atoms with Crippen LogP contribution in [0, 0.1) is 0 Å². The number of rotatable bonds is 3. The Morgan fingerprint density at radius 1 is 1.47 bits per heavy atom. The average Bonchev–Trinajstić information content (AvgIpc) is 2.31. The molecule has 1 aliphatic rings. The maximum Gasteiger partial charge on any atom is 0.0558 e. The molecule has 0 radical (unpaired) electrons. The minimum Gasteiger partial charge on any atom is -0.395 e. The highest BCUT2D eigenvalue weighted by atomic mass is 16.3. The van der Waals surface area contributed by atoms with Crippen molar-refractivity contribution in [2.24, 2.45) is 0 Å². The number of pyridine rings is 1. The second-order valence-electron chi connectivity index (χ2n) is 4.12. The molecule has 1 aliphatic heterocycles. The van der Waals surface area contributed by atoms with Crippen molar-refractivity contribution in [1.29, 1.82) is 0 Å². The van der Waals surface area contributed by atoms with E-state index in [9.17, 15) is 0 Å². The van der Waals surface area contributed by atoms with Gasteiger partial charge >= 0.3 is 0 Å². The molecule has 1 fully saturated rings. The molecule has 2 heterocycles. The van der Waals surface area contributed by atoms with Gasteiger partial charge in [0.25, 0.3) is 0 Å². The summed E-state index contributed by atoms with van der Waals surface area (Å²) < 4.78 is 0. The Labute approximate surface area is 90.8 Å². The maximum absolute atomic E-state index is 8.92. The summed E-state index contributed by atoms with van der Waals surface area (Å²) in [7, 11) is 0. The lowest BCUT2D eigenvalue weighted by molar-refractivity contribution is 0.160. The zero-order chi connectivity index (χ0) is 10.5. The summed E-state index contributed by atoms with van der Waals surface area (Å²) in [4.78, 5) is 6.73. The van der Waals surface area contributed by atoms with Gasteiger partial charge in [0, 0.05) is 30.9 Å². The first-order valence-electron chi connectivity index (χ1n) is 5.64. The molecule has 1 N–H and O–H groups in total. The van der Waals surface area contributed by atoms with Crippen molar-refractivity contribution in [3.63, 3.8) is 0 Å². The van der Waals surface area contributed by atoms with E-state index < -0.39 is 0 Å². The Morgan fingerprint density at radius 3 is 3.13 bits per heavy atom. The van der Waals surface area contributed by atoms with Gasteiger partial charge in [-0.2, -0.15) is 0 Å². The predicted octanol–water partition coefficient (Wildman–Crippen LogP) is 1.25. The Morgan fingerprint density at radius 2 is 2.40 bits per heavy atom. The molecule has 0 spiro atoms. The molecule has 0 saturated carbocycles. The van der Waals surface area contributed by atoms with Gasteiger partial charge in [-0.15, -0.1) is 0 Å². The highest BCUT2D eigenvalue weighted by molar-refractivity contribution is 5.10. The quantitative estimate of drug-likeness (QED) is 0.808. The molecule has 0 bridgehead atoms. The van der Waals surface area contributed by atoms with Crippen molar-refractivity contribution >= 4 is 0 Å². The summed E-state index contributed by atoms with van der Waals surface area (Å²) in [6.45, 7) is 3.21. The van der Waals surface area contributed by atoms with E-state index in [0.29, 0.717) is 5.92 Å². The molecule has 2 rings (SSSR count). The van der Waals surface area contributed by atoms with Crippen molar-refractivity contribution in [1.82, 2.24) is 9.88 Å². The van der Waals surface area contributed by atoms with Crippen molar-refractivity contribution < 1.29 is 5.11 Å². The lowest BCUT2D eigenvalue weighted by Crippen LogP contribution is -2.36. The third-order valence-corrected chi connectivity index (χ3v) is 3.03. The normalized spacial score (nSPS) is 22.9. The van der Waals surface area contributed by atoms with E-state index in [1.54, 1.807) is 0 Å². The number of hydrogen-bond donors (Lipinski definition) is 1. The SMILES string of the molecule is OCCN1CCC[C@@H](c2ccccn2)C1. The van der Waals surface area contributed by atoms with Crippen molar-refractivity contribution in [3.8, 4) is 0 Å². The summed E-state index contributed by atoms with van der Waals surface area (Å²) in [6, 6.07) is 6.11. The zero-order valence-corrected chi connectivity index (χ0v) is 8.97. The third-order valence-electron chi connectivity index (χ3n) is 3.03. The number of hydrogen-bond acceptors (Lipinski definition) is 3. The van der Waals surface area contributed by atoms with Crippen LogP contribution in [-0.4, -0.2) is 41.2 Å². The van der Waals surface area contributed by atoms with Gasteiger partial charge in [0.15, 0.2) is 0 Å². The molecule has 0 amide bonds. The van der Waals surface area contributed by atoms with E-state index in [1.165, 1.54) is 18.5 Å². The fraction of sp³-hybridized carbons (Fsp3) is 0.583. The maximum atomic E-state index is 8.92. The average molecular weight is 206 g/mol. The van der Waals surface area contributed by atoms with Crippen LogP contribution in [0.2, 0.25) is 0 Å². The number of aliphatic hydroxyl groups excluding tert-OH is 1. The van der Waals surface area contributed by atoms with Gasteiger partial charge in [0.05, 0.1) is 6.61 Å². The van der Waals surface area contributed by atoms with E-state index >= 15 is 0 Å². The van der Waals surface area contributed by atoms with Gasteiger partial charge in [0.1, 0.15) is 0 Å². The summed E-state index contributed by atoms with van der Waals surface area (Å²) in [5.74, 6) is 0.548. The number of aliphatic hydroxyl groups is 1. The highest BCUT2D eigenvalue weighted by Crippen LogP contribution is 2.24. The molecule has 0 aromatic carbocycles. The minimum absolute atomic E-state index is 0.259. The predicted molar refractivity (Wildman–Crippen MR) is 59.7 cm³/mol. The monoisotopic (exact) mass is 206 g/mol. The number of likely N-dealkylation sites (tertiary alicyclic amines) is 1. The molecule has 1 atom stereocenters. The lowest BCUT2D eigenvalue weighted by atomic mass is 9.94. The van der Waals surface area contributed by atoms with Crippen LogP contribution in [0.25, 0.3) is 0 Å². The fourth-order valence-electron chi connectivity index (χ4n) is 2.26. The number of piperidine rings is 1. The summed E-state index contributed by atoms with van der Waals surface area (Å²) in [6.07, 6.45) is 4.29. The largest absolute Gasteiger partial charge is 0.395 e. The number of β-amino-alcohol motifs (C(OH)–C–C–N with tert-alkyl or cyclic N) is 1. The van der Waals surface area contributed by atoms with Crippen molar-refractivity contribution in [2.75, 3.05) is 26.2 Å². The van der Waals surface area contributed by atoms with Gasteiger partial charge in [-0.1, -0.05) is 6.07 Å². The van der Waals surface area contributed by atoms with Gasteiger partial charge < -0.3 is 10.0 Å². The molecule has 1 saturated heterocycles. The highest BCUT2D eigenvalue weighted by Gasteiger charge is 2.21. The van der Waals surface area contributed by atoms with Crippen LogP contribution in [0.5, 0.6) is 0 Å². The van der Waals surface area contributed by atoms with Crippen LogP contribution in [0.4, 0.5) is 0 Å². The first kappa shape index (κ1) is 10.6. The van der Waals surface area contributed by atoms with Gasteiger partial charge in [0.2, 0.25) is 0 Å². The van der Waals surface area contributed by atoms with E-state index in [1.807, 2.05) is 18.3 Å². The van der Waals surface area contributed by atoms with Gasteiger partial charge in [-0.3, -0.25) is 4.98 Å². The van der Waals surface area contributed by atoms with Crippen LogP contribution in [0.3, 0.4) is 0 Å². The van der Waals surface area contributed by atoms with E-state index in [2.05, 4.69) is 16.0 Å². The molecule has 1 aromatic heterocycles. The topological polar surface area (TPSA) is 36.4 Å². The van der Waals surface area contributed by atoms with Gasteiger partial charge in [-0.25, -0.2) is 0 Å². The standard InChI is InChI=1S/C12H18N2O/c15-9-8-14-7-3-4-11(10-14)12-5-1-2-6-13-12/h1-2,5-6,11,15H,3-4,7-10H2/t11-/m1/s1. The van der Waals surface area contributed by atoms with E-state index in [4.69, 9.17) is 5.11 Å². The van der Waals surface area contributed by atoms with Crippen LogP contribution in [0.15, 0.2) is 24.4 Å². The lowest BCUT2D eigenvalue weighted by Gasteiger charge is -2.31. The fourth-order valence-corrected chi connectivity index (χ4v) is 2.26. The van der Waals surface area contributed by atoms with Crippen LogP contribution in [-0.2, 0) is 0 Å². The van der Waals surface area contributed by atoms with Crippen LogP contribution in [0.1, 0.15) is 24.5 Å². The molecule has 3 nitrogen and oxygen atoms in total. The second kappa shape index (κ2) is 5.24. The van der Waals surface area contributed by atoms with E-state index in [-0.39, 0.29) is 6.61 Å².